The fourth-order valence-corrected chi connectivity index (χ4v) is 2.80. The topological polar surface area (TPSA) is 49.4 Å². The first-order chi connectivity index (χ1) is 8.25. The Labute approximate surface area is 103 Å². The van der Waals surface area contributed by atoms with Crippen LogP contribution >= 0.6 is 0 Å². The second-order valence-electron chi connectivity index (χ2n) is 5.21. The molecule has 17 heavy (non-hydrogen) atoms. The van der Waals surface area contributed by atoms with Crippen LogP contribution in [-0.2, 0) is 9.59 Å². The van der Waals surface area contributed by atoms with Crippen molar-refractivity contribution in [3.05, 3.63) is 0 Å². The zero-order valence-electron chi connectivity index (χ0n) is 10.4. The molecule has 0 bridgehead atoms. The Balaban J connectivity index is 1.75. The first kappa shape index (κ1) is 12.4. The maximum absolute atomic E-state index is 12.0. The number of rotatable bonds is 3. The van der Waals surface area contributed by atoms with E-state index in [9.17, 15) is 9.59 Å². The van der Waals surface area contributed by atoms with Gasteiger partial charge in [0.25, 0.3) is 0 Å². The van der Waals surface area contributed by atoms with E-state index in [1.54, 1.807) is 4.90 Å². The quantitative estimate of drug-likeness (QED) is 0.806. The molecule has 1 saturated heterocycles. The number of carbonyl (C=O) groups is 2. The molecule has 96 valence electrons. The third-order valence-electron chi connectivity index (χ3n) is 3.86. The molecular weight excluding hydrogens is 216 g/mol. The van der Waals surface area contributed by atoms with Crippen molar-refractivity contribution in [1.29, 1.82) is 0 Å². The lowest BCUT2D eigenvalue weighted by atomic mass is 10.0. The molecule has 2 fully saturated rings. The van der Waals surface area contributed by atoms with Crippen molar-refractivity contribution in [2.75, 3.05) is 19.6 Å². The Bertz CT molecular complexity index is 285. The molecule has 0 aromatic rings. The average molecular weight is 238 g/mol. The molecule has 0 atom stereocenters. The van der Waals surface area contributed by atoms with Crippen LogP contribution in [0.15, 0.2) is 0 Å². The number of hydrogen-bond donors (Lipinski definition) is 1. The molecule has 1 N–H and O–H groups in total. The minimum atomic E-state index is -0.0169. The monoisotopic (exact) mass is 238 g/mol. The Kier molecular flexibility index (Phi) is 4.40. The van der Waals surface area contributed by atoms with Crippen molar-refractivity contribution >= 4 is 11.8 Å². The summed E-state index contributed by atoms with van der Waals surface area (Å²) in [5, 5.41) is 2.79. The SMILES string of the molecule is O=C1CN(C(=O)CCC2CCCC2)CCCN1. The third kappa shape index (κ3) is 3.72. The minimum Gasteiger partial charge on any atom is -0.354 e. The largest absolute Gasteiger partial charge is 0.354 e. The molecule has 0 radical (unpaired) electrons. The first-order valence-electron chi connectivity index (χ1n) is 6.80. The van der Waals surface area contributed by atoms with Gasteiger partial charge in [-0.2, -0.15) is 0 Å². The van der Waals surface area contributed by atoms with Gasteiger partial charge in [0.05, 0.1) is 6.54 Å². The van der Waals surface area contributed by atoms with E-state index in [0.29, 0.717) is 13.0 Å². The normalized spacial score (nSPS) is 22.4. The maximum atomic E-state index is 12.0. The smallest absolute Gasteiger partial charge is 0.239 e. The second-order valence-corrected chi connectivity index (χ2v) is 5.21. The highest BCUT2D eigenvalue weighted by molar-refractivity contribution is 5.85. The Hall–Kier alpha value is -1.06. The van der Waals surface area contributed by atoms with E-state index in [2.05, 4.69) is 5.32 Å². The lowest BCUT2D eigenvalue weighted by Gasteiger charge is -2.19. The average Bonchev–Trinajstić information content (AvgIpc) is 2.74. The van der Waals surface area contributed by atoms with Gasteiger partial charge in [0, 0.05) is 19.5 Å². The van der Waals surface area contributed by atoms with E-state index >= 15 is 0 Å². The van der Waals surface area contributed by atoms with Crippen LogP contribution in [0.2, 0.25) is 0 Å². The van der Waals surface area contributed by atoms with Gasteiger partial charge in [-0.25, -0.2) is 0 Å². The third-order valence-corrected chi connectivity index (χ3v) is 3.86. The molecule has 0 unspecified atom stereocenters. The summed E-state index contributed by atoms with van der Waals surface area (Å²) in [7, 11) is 0. The zero-order valence-corrected chi connectivity index (χ0v) is 10.4. The van der Waals surface area contributed by atoms with Gasteiger partial charge in [0.2, 0.25) is 11.8 Å². The van der Waals surface area contributed by atoms with Gasteiger partial charge in [-0.15, -0.1) is 0 Å². The highest BCUT2D eigenvalue weighted by Gasteiger charge is 2.21. The van der Waals surface area contributed by atoms with Crippen molar-refractivity contribution < 1.29 is 9.59 Å². The summed E-state index contributed by atoms with van der Waals surface area (Å²) >= 11 is 0. The zero-order chi connectivity index (χ0) is 12.1. The van der Waals surface area contributed by atoms with Crippen molar-refractivity contribution in [1.82, 2.24) is 10.2 Å². The highest BCUT2D eigenvalue weighted by Crippen LogP contribution is 2.28. The van der Waals surface area contributed by atoms with Gasteiger partial charge < -0.3 is 10.2 Å². The summed E-state index contributed by atoms with van der Waals surface area (Å²) in [6.45, 7) is 1.68. The minimum absolute atomic E-state index is 0.0169. The van der Waals surface area contributed by atoms with Gasteiger partial charge in [-0.1, -0.05) is 25.7 Å². The Morgan fingerprint density at radius 3 is 2.82 bits per heavy atom. The standard InChI is InChI=1S/C13H22N2O2/c16-12-10-15(9-3-8-14-12)13(17)7-6-11-4-1-2-5-11/h11H,1-10H2,(H,14,16). The van der Waals surface area contributed by atoms with Crippen molar-refractivity contribution in [3.63, 3.8) is 0 Å². The number of carbonyl (C=O) groups excluding carboxylic acids is 2. The van der Waals surface area contributed by atoms with Gasteiger partial charge in [-0.05, 0) is 18.8 Å². The lowest BCUT2D eigenvalue weighted by Crippen LogP contribution is -2.37. The van der Waals surface area contributed by atoms with Crippen LogP contribution < -0.4 is 5.32 Å². The van der Waals surface area contributed by atoms with Crippen LogP contribution in [0.1, 0.15) is 44.9 Å². The molecule has 2 aliphatic rings. The molecule has 1 aliphatic heterocycles. The molecule has 1 saturated carbocycles. The van der Waals surface area contributed by atoms with Crippen LogP contribution in [0.3, 0.4) is 0 Å². The summed E-state index contributed by atoms with van der Waals surface area (Å²) in [6, 6.07) is 0. The number of hydrogen-bond acceptors (Lipinski definition) is 2. The maximum Gasteiger partial charge on any atom is 0.239 e. The Morgan fingerprint density at radius 2 is 2.06 bits per heavy atom. The summed E-state index contributed by atoms with van der Waals surface area (Å²) in [6.07, 6.45) is 7.73. The second kappa shape index (κ2) is 6.03. The van der Waals surface area contributed by atoms with E-state index in [4.69, 9.17) is 0 Å². The van der Waals surface area contributed by atoms with Crippen molar-refractivity contribution in [3.8, 4) is 0 Å². The predicted molar refractivity (Wildman–Crippen MR) is 65.4 cm³/mol. The molecule has 0 aromatic carbocycles. The molecule has 1 aliphatic carbocycles. The number of amides is 2. The summed E-state index contributed by atoms with van der Waals surface area (Å²) < 4.78 is 0. The number of nitrogens with one attached hydrogen (secondary N) is 1. The summed E-state index contributed by atoms with van der Waals surface area (Å²) in [5.41, 5.74) is 0. The van der Waals surface area contributed by atoms with Gasteiger partial charge in [-0.3, -0.25) is 9.59 Å². The molecule has 4 nitrogen and oxygen atoms in total. The summed E-state index contributed by atoms with van der Waals surface area (Å²) in [4.78, 5) is 25.1. The van der Waals surface area contributed by atoms with E-state index in [1.807, 2.05) is 0 Å². The van der Waals surface area contributed by atoms with Crippen LogP contribution in [-0.4, -0.2) is 36.3 Å². The van der Waals surface area contributed by atoms with Crippen LogP contribution in [0.25, 0.3) is 0 Å². The Morgan fingerprint density at radius 1 is 1.29 bits per heavy atom. The lowest BCUT2D eigenvalue weighted by molar-refractivity contribution is -0.135. The van der Waals surface area contributed by atoms with Gasteiger partial charge in [0.15, 0.2) is 0 Å². The van der Waals surface area contributed by atoms with Gasteiger partial charge >= 0.3 is 0 Å². The first-order valence-corrected chi connectivity index (χ1v) is 6.80. The predicted octanol–water partition coefficient (Wildman–Crippen LogP) is 1.31. The molecule has 0 spiro atoms. The molecule has 4 heteroatoms. The van der Waals surface area contributed by atoms with E-state index in [0.717, 1.165) is 25.3 Å². The highest BCUT2D eigenvalue weighted by atomic mass is 16.2. The molecule has 2 rings (SSSR count). The molecule has 0 aromatic heterocycles. The van der Waals surface area contributed by atoms with E-state index in [1.165, 1.54) is 25.7 Å². The van der Waals surface area contributed by atoms with Crippen LogP contribution in [0.4, 0.5) is 0 Å². The molecule has 1 heterocycles. The number of nitrogens with zero attached hydrogens (tertiary/aromatic N) is 1. The fraction of sp³-hybridized carbons (Fsp3) is 0.846. The van der Waals surface area contributed by atoms with E-state index < -0.39 is 0 Å². The van der Waals surface area contributed by atoms with Gasteiger partial charge in [0.1, 0.15) is 0 Å². The van der Waals surface area contributed by atoms with E-state index in [-0.39, 0.29) is 18.4 Å². The van der Waals surface area contributed by atoms with Crippen LogP contribution in [0.5, 0.6) is 0 Å². The molecular formula is C13H22N2O2. The van der Waals surface area contributed by atoms with Crippen molar-refractivity contribution in [2.24, 2.45) is 5.92 Å². The molecule has 2 amide bonds. The fourth-order valence-electron chi connectivity index (χ4n) is 2.80. The van der Waals surface area contributed by atoms with Crippen LogP contribution in [0, 0.1) is 5.92 Å². The summed E-state index contributed by atoms with van der Waals surface area (Å²) in [5.74, 6) is 0.894. The van der Waals surface area contributed by atoms with Crippen molar-refractivity contribution in [2.45, 2.75) is 44.9 Å².